The third-order valence-corrected chi connectivity index (χ3v) is 8.31. The molecule has 2 aliphatic heterocycles. The Kier molecular flexibility index (Phi) is 6.20. The first-order chi connectivity index (χ1) is 17.6. The van der Waals surface area contributed by atoms with E-state index in [1.165, 1.54) is 0 Å². The molecule has 9 heteroatoms. The molecule has 4 heterocycles. The zero-order chi connectivity index (χ0) is 24.6. The van der Waals surface area contributed by atoms with Crippen molar-refractivity contribution in [1.82, 2.24) is 24.9 Å². The first-order valence-electron chi connectivity index (χ1n) is 12.5. The fraction of sp³-hybridized carbons (Fsp3) is 0.370. The lowest BCUT2D eigenvalue weighted by Crippen LogP contribution is -2.41. The summed E-state index contributed by atoms with van der Waals surface area (Å²) < 4.78 is 8.58. The number of nitrogens with zero attached hydrogens (tertiary/aromatic N) is 3. The number of likely N-dealkylation sites (tertiary alicyclic amines) is 1. The minimum atomic E-state index is -0.109. The quantitative estimate of drug-likeness (QED) is 0.435. The van der Waals surface area contributed by atoms with Crippen LogP contribution >= 0.6 is 11.3 Å². The molecule has 0 spiro atoms. The van der Waals surface area contributed by atoms with Gasteiger partial charge in [-0.2, -0.15) is 0 Å². The molecule has 0 radical (unpaired) electrons. The SMILES string of the molecule is CNC(=O)c1ccc(-c2cn3c(n2)sc2cc(C(=O)N[C@H]4CCN(C5CCOCC5)C4)ccc23)cc1. The van der Waals surface area contributed by atoms with Gasteiger partial charge in [0.15, 0.2) is 4.96 Å². The molecule has 8 nitrogen and oxygen atoms in total. The molecule has 2 aliphatic rings. The Morgan fingerprint density at radius 1 is 1.03 bits per heavy atom. The Balaban J connectivity index is 1.16. The van der Waals surface area contributed by atoms with Gasteiger partial charge >= 0.3 is 0 Å². The third kappa shape index (κ3) is 4.38. The van der Waals surface area contributed by atoms with Crippen LogP contribution < -0.4 is 10.6 Å². The maximum atomic E-state index is 13.0. The summed E-state index contributed by atoms with van der Waals surface area (Å²) in [6.07, 6.45) is 5.17. The Morgan fingerprint density at radius 3 is 2.58 bits per heavy atom. The van der Waals surface area contributed by atoms with E-state index in [0.717, 1.165) is 72.0 Å². The predicted octanol–water partition coefficient (Wildman–Crippen LogP) is 3.56. The summed E-state index contributed by atoms with van der Waals surface area (Å²) >= 11 is 1.57. The van der Waals surface area contributed by atoms with Gasteiger partial charge in [-0.1, -0.05) is 23.5 Å². The second kappa shape index (κ2) is 9.65. The first-order valence-corrected chi connectivity index (χ1v) is 13.3. The molecule has 0 aliphatic carbocycles. The van der Waals surface area contributed by atoms with Crippen molar-refractivity contribution in [3.63, 3.8) is 0 Å². The van der Waals surface area contributed by atoms with Gasteiger partial charge < -0.3 is 15.4 Å². The van der Waals surface area contributed by atoms with Crippen molar-refractivity contribution in [2.75, 3.05) is 33.4 Å². The standard InChI is InChI=1S/C27H29N5O3S/c1-28-25(33)18-4-2-17(3-5-18)22-16-32-23-7-6-19(14-24(23)36-27(32)30-22)26(34)29-20-8-11-31(15-20)21-9-12-35-13-10-21/h2-7,14,16,20-21H,8-13,15H2,1H3,(H,28,33)(H,29,34)/t20-/m0/s1. The Labute approximate surface area is 213 Å². The third-order valence-electron chi connectivity index (χ3n) is 7.29. The fourth-order valence-corrected chi connectivity index (χ4v) is 6.32. The summed E-state index contributed by atoms with van der Waals surface area (Å²) in [5.41, 5.74) is 4.13. The lowest BCUT2D eigenvalue weighted by atomic mass is 10.1. The van der Waals surface area contributed by atoms with E-state index in [9.17, 15) is 9.59 Å². The number of carbonyl (C=O) groups is 2. The molecule has 2 saturated heterocycles. The number of benzene rings is 2. The van der Waals surface area contributed by atoms with Crippen molar-refractivity contribution in [2.45, 2.75) is 31.3 Å². The zero-order valence-electron chi connectivity index (χ0n) is 20.2. The van der Waals surface area contributed by atoms with Crippen LogP contribution in [0.1, 0.15) is 40.0 Å². The molecule has 2 amide bonds. The van der Waals surface area contributed by atoms with E-state index in [4.69, 9.17) is 9.72 Å². The lowest BCUT2D eigenvalue weighted by Gasteiger charge is -2.31. The number of amides is 2. The van der Waals surface area contributed by atoms with Gasteiger partial charge in [-0.3, -0.25) is 18.9 Å². The van der Waals surface area contributed by atoms with Crippen molar-refractivity contribution >= 4 is 38.3 Å². The van der Waals surface area contributed by atoms with E-state index in [1.807, 2.05) is 36.5 Å². The van der Waals surface area contributed by atoms with Crippen LogP contribution in [0, 0.1) is 0 Å². The first kappa shape index (κ1) is 23.1. The normalized spacial score (nSPS) is 19.2. The second-order valence-electron chi connectivity index (χ2n) is 9.52. The largest absolute Gasteiger partial charge is 0.381 e. The van der Waals surface area contributed by atoms with Crippen molar-refractivity contribution in [2.24, 2.45) is 0 Å². The minimum absolute atomic E-state index is 0.0151. The van der Waals surface area contributed by atoms with Crippen molar-refractivity contribution < 1.29 is 14.3 Å². The molecule has 0 bridgehead atoms. The lowest BCUT2D eigenvalue weighted by molar-refractivity contribution is 0.0415. The summed E-state index contributed by atoms with van der Waals surface area (Å²) in [5.74, 6) is -0.124. The van der Waals surface area contributed by atoms with Crippen LogP contribution in [0.3, 0.4) is 0 Å². The number of ether oxygens (including phenoxy) is 1. The Hall–Kier alpha value is -3.27. The molecule has 36 heavy (non-hydrogen) atoms. The molecule has 2 N–H and O–H groups in total. The highest BCUT2D eigenvalue weighted by atomic mass is 32.1. The second-order valence-corrected chi connectivity index (χ2v) is 10.5. The molecule has 2 aromatic heterocycles. The summed E-state index contributed by atoms with van der Waals surface area (Å²) in [5, 5.41) is 5.88. The van der Waals surface area contributed by atoms with Crippen molar-refractivity contribution in [1.29, 1.82) is 0 Å². The molecule has 2 aromatic carbocycles. The number of imidazole rings is 1. The zero-order valence-corrected chi connectivity index (χ0v) is 21.0. The van der Waals surface area contributed by atoms with Gasteiger partial charge in [-0.15, -0.1) is 0 Å². The van der Waals surface area contributed by atoms with Crippen LogP contribution in [-0.4, -0.2) is 71.5 Å². The van der Waals surface area contributed by atoms with Crippen LogP contribution in [0.5, 0.6) is 0 Å². The van der Waals surface area contributed by atoms with Gasteiger partial charge in [0.25, 0.3) is 11.8 Å². The topological polar surface area (TPSA) is 88.0 Å². The van der Waals surface area contributed by atoms with Crippen LogP contribution in [0.25, 0.3) is 26.4 Å². The molecule has 186 valence electrons. The van der Waals surface area contributed by atoms with E-state index in [1.54, 1.807) is 30.5 Å². The summed E-state index contributed by atoms with van der Waals surface area (Å²) in [7, 11) is 1.62. The minimum Gasteiger partial charge on any atom is -0.381 e. The van der Waals surface area contributed by atoms with Gasteiger partial charge in [-0.25, -0.2) is 4.98 Å². The van der Waals surface area contributed by atoms with E-state index < -0.39 is 0 Å². The molecule has 0 saturated carbocycles. The summed E-state index contributed by atoms with van der Waals surface area (Å²) in [6, 6.07) is 14.1. The van der Waals surface area contributed by atoms with E-state index in [-0.39, 0.29) is 17.9 Å². The molecule has 4 aromatic rings. The van der Waals surface area contributed by atoms with Gasteiger partial charge in [0.2, 0.25) is 0 Å². The van der Waals surface area contributed by atoms with Crippen LogP contribution in [0.2, 0.25) is 0 Å². The maximum absolute atomic E-state index is 13.0. The number of aromatic nitrogens is 2. The monoisotopic (exact) mass is 503 g/mol. The molecule has 6 rings (SSSR count). The van der Waals surface area contributed by atoms with Gasteiger partial charge in [-0.05, 0) is 49.6 Å². The molecular weight excluding hydrogens is 474 g/mol. The number of rotatable bonds is 5. The van der Waals surface area contributed by atoms with E-state index in [2.05, 4.69) is 19.9 Å². The Bertz CT molecular complexity index is 1420. The molecule has 0 unspecified atom stereocenters. The summed E-state index contributed by atoms with van der Waals surface area (Å²) in [4.78, 5) is 33.0. The van der Waals surface area contributed by atoms with Crippen LogP contribution in [-0.2, 0) is 4.74 Å². The average Bonchev–Trinajstić information content (AvgIpc) is 3.63. The van der Waals surface area contributed by atoms with Gasteiger partial charge in [0.05, 0.1) is 15.9 Å². The molecule has 2 fully saturated rings. The molecular formula is C27H29N5O3S. The fourth-order valence-electron chi connectivity index (χ4n) is 5.27. The van der Waals surface area contributed by atoms with Crippen molar-refractivity contribution in [3.05, 3.63) is 59.8 Å². The molecule has 1 atom stereocenters. The Morgan fingerprint density at radius 2 is 1.81 bits per heavy atom. The number of carbonyl (C=O) groups excluding carboxylic acids is 2. The van der Waals surface area contributed by atoms with Crippen molar-refractivity contribution in [3.8, 4) is 11.3 Å². The number of fused-ring (bicyclic) bond motifs is 3. The highest BCUT2D eigenvalue weighted by Crippen LogP contribution is 2.30. The van der Waals surface area contributed by atoms with E-state index in [0.29, 0.717) is 17.2 Å². The number of nitrogens with one attached hydrogen (secondary N) is 2. The van der Waals surface area contributed by atoms with E-state index >= 15 is 0 Å². The number of thiazole rings is 1. The van der Waals surface area contributed by atoms with Gasteiger partial charge in [0.1, 0.15) is 0 Å². The maximum Gasteiger partial charge on any atom is 0.251 e. The average molecular weight is 504 g/mol. The highest BCUT2D eigenvalue weighted by molar-refractivity contribution is 7.23. The number of hydrogen-bond donors (Lipinski definition) is 2. The number of hydrogen-bond acceptors (Lipinski definition) is 6. The van der Waals surface area contributed by atoms with Crippen LogP contribution in [0.15, 0.2) is 48.7 Å². The van der Waals surface area contributed by atoms with Gasteiger partial charge in [0, 0.05) is 68.3 Å². The predicted molar refractivity (Wildman–Crippen MR) is 141 cm³/mol. The summed E-state index contributed by atoms with van der Waals surface area (Å²) in [6.45, 7) is 3.63. The smallest absolute Gasteiger partial charge is 0.251 e. The highest BCUT2D eigenvalue weighted by Gasteiger charge is 2.30. The van der Waals surface area contributed by atoms with Crippen LogP contribution in [0.4, 0.5) is 0 Å².